The van der Waals surface area contributed by atoms with Crippen molar-refractivity contribution in [2.45, 2.75) is 0 Å². The minimum absolute atomic E-state index is 0.982. The number of hydrogen-bond acceptors (Lipinski definition) is 1. The SMILES string of the molecule is C=CC[NH+]1C=CN(C=C)C1.F[B-](F)(F)F. The lowest BCUT2D eigenvalue weighted by Gasteiger charge is -2.10. The molecule has 1 heterocycles. The Morgan fingerprint density at radius 1 is 1.33 bits per heavy atom. The van der Waals surface area contributed by atoms with Crippen molar-refractivity contribution in [1.82, 2.24) is 4.90 Å². The molecule has 86 valence electrons. The van der Waals surface area contributed by atoms with E-state index in [4.69, 9.17) is 0 Å². The second-order valence-electron chi connectivity index (χ2n) is 2.82. The summed E-state index contributed by atoms with van der Waals surface area (Å²) in [5.41, 5.74) is 0. The maximum Gasteiger partial charge on any atom is 0.673 e. The van der Waals surface area contributed by atoms with E-state index in [-0.39, 0.29) is 0 Å². The van der Waals surface area contributed by atoms with Gasteiger partial charge in [-0.2, -0.15) is 0 Å². The van der Waals surface area contributed by atoms with Gasteiger partial charge < -0.3 is 22.2 Å². The van der Waals surface area contributed by atoms with Crippen LogP contribution in [0, 0.1) is 0 Å². The van der Waals surface area contributed by atoms with Gasteiger partial charge in [0.15, 0.2) is 6.67 Å². The highest BCUT2D eigenvalue weighted by Gasteiger charge is 2.20. The van der Waals surface area contributed by atoms with Gasteiger partial charge in [0.2, 0.25) is 0 Å². The fourth-order valence-electron chi connectivity index (χ4n) is 0.984. The third-order valence-electron chi connectivity index (χ3n) is 1.53. The maximum absolute atomic E-state index is 9.75. The zero-order chi connectivity index (χ0) is 11.9. The van der Waals surface area contributed by atoms with Crippen LogP contribution >= 0.6 is 0 Å². The summed E-state index contributed by atoms with van der Waals surface area (Å²) in [6.07, 6.45) is 7.90. The Kier molecular flexibility index (Phi) is 5.77. The molecule has 0 aliphatic carbocycles. The Hall–Kier alpha value is -1.24. The fourth-order valence-corrected chi connectivity index (χ4v) is 0.984. The van der Waals surface area contributed by atoms with E-state index in [0.717, 1.165) is 13.2 Å². The summed E-state index contributed by atoms with van der Waals surface area (Å²) < 4.78 is 39.0. The van der Waals surface area contributed by atoms with Crippen LogP contribution in [0.4, 0.5) is 17.3 Å². The quantitative estimate of drug-likeness (QED) is 0.430. The van der Waals surface area contributed by atoms with Gasteiger partial charge in [-0.3, -0.25) is 4.90 Å². The predicted molar refractivity (Wildman–Crippen MR) is 52.3 cm³/mol. The molecular weight excluding hydrogens is 211 g/mol. The molecular formula is C8H13BF4N2. The molecule has 0 amide bonds. The molecule has 0 aromatic heterocycles. The molecule has 0 bridgehead atoms. The van der Waals surface area contributed by atoms with E-state index in [1.165, 1.54) is 4.90 Å². The first-order chi connectivity index (χ1) is 6.86. The van der Waals surface area contributed by atoms with Crippen molar-refractivity contribution in [2.24, 2.45) is 0 Å². The van der Waals surface area contributed by atoms with Gasteiger partial charge in [-0.05, 0) is 6.08 Å². The van der Waals surface area contributed by atoms with Crippen molar-refractivity contribution in [3.63, 3.8) is 0 Å². The van der Waals surface area contributed by atoms with Crippen LogP contribution in [0.2, 0.25) is 0 Å². The summed E-state index contributed by atoms with van der Waals surface area (Å²) in [6, 6.07) is 0. The smallest absolute Gasteiger partial charge is 0.418 e. The Bertz CT molecular complexity index is 233. The topological polar surface area (TPSA) is 7.68 Å². The third-order valence-corrected chi connectivity index (χ3v) is 1.53. The van der Waals surface area contributed by atoms with Crippen LogP contribution < -0.4 is 4.90 Å². The lowest BCUT2D eigenvalue weighted by molar-refractivity contribution is -0.841. The van der Waals surface area contributed by atoms with Crippen molar-refractivity contribution in [2.75, 3.05) is 13.2 Å². The average Bonchev–Trinajstić information content (AvgIpc) is 2.50. The van der Waals surface area contributed by atoms with E-state index in [1.807, 2.05) is 18.5 Å². The number of halogens is 4. The highest BCUT2D eigenvalue weighted by atomic mass is 19.5. The Labute approximate surface area is 86.3 Å². The van der Waals surface area contributed by atoms with Crippen LogP contribution in [-0.4, -0.2) is 25.4 Å². The lowest BCUT2D eigenvalue weighted by Crippen LogP contribution is -3.06. The second-order valence-corrected chi connectivity index (χ2v) is 2.82. The zero-order valence-corrected chi connectivity index (χ0v) is 8.17. The van der Waals surface area contributed by atoms with Crippen LogP contribution in [0.1, 0.15) is 0 Å². The van der Waals surface area contributed by atoms with Gasteiger partial charge in [0, 0.05) is 6.20 Å². The maximum atomic E-state index is 9.75. The first kappa shape index (κ1) is 13.8. The standard InChI is InChI=1S/C8H12N2.BF4/c1-3-5-10-7-6-9(4-2)8-10;2-1(3,4)5/h3-4,6-7H,1-2,5,8H2;/q;-1/p+1. The molecule has 0 radical (unpaired) electrons. The molecule has 0 saturated carbocycles. The van der Waals surface area contributed by atoms with Gasteiger partial charge in [-0.15, -0.1) is 0 Å². The normalized spacial score (nSPS) is 19.5. The van der Waals surface area contributed by atoms with Gasteiger partial charge in [-0.1, -0.05) is 13.2 Å². The molecule has 1 rings (SSSR count). The van der Waals surface area contributed by atoms with Crippen LogP contribution in [-0.2, 0) is 0 Å². The van der Waals surface area contributed by atoms with E-state index in [0.29, 0.717) is 0 Å². The van der Waals surface area contributed by atoms with E-state index in [9.17, 15) is 17.3 Å². The molecule has 0 aromatic rings. The number of hydrogen-bond donors (Lipinski definition) is 1. The van der Waals surface area contributed by atoms with Crippen LogP contribution in [0.25, 0.3) is 0 Å². The van der Waals surface area contributed by atoms with E-state index < -0.39 is 7.25 Å². The first-order valence-electron chi connectivity index (χ1n) is 4.26. The van der Waals surface area contributed by atoms with E-state index in [2.05, 4.69) is 24.3 Å². The molecule has 1 unspecified atom stereocenters. The summed E-state index contributed by atoms with van der Waals surface area (Å²) >= 11 is 0. The van der Waals surface area contributed by atoms with Gasteiger partial charge in [0.1, 0.15) is 12.7 Å². The molecule has 7 heteroatoms. The van der Waals surface area contributed by atoms with E-state index in [1.54, 1.807) is 0 Å². The summed E-state index contributed by atoms with van der Waals surface area (Å²) in [6.45, 7) is 9.32. The second kappa shape index (κ2) is 6.29. The summed E-state index contributed by atoms with van der Waals surface area (Å²) in [5.74, 6) is 0. The molecule has 0 fully saturated rings. The molecule has 0 spiro atoms. The van der Waals surface area contributed by atoms with Gasteiger partial charge >= 0.3 is 7.25 Å². The van der Waals surface area contributed by atoms with Gasteiger partial charge in [0.25, 0.3) is 0 Å². The molecule has 15 heavy (non-hydrogen) atoms. The minimum Gasteiger partial charge on any atom is -0.418 e. The van der Waals surface area contributed by atoms with Crippen LogP contribution in [0.15, 0.2) is 37.8 Å². The Balaban J connectivity index is 0.000000336. The van der Waals surface area contributed by atoms with Crippen molar-refractivity contribution in [3.05, 3.63) is 37.8 Å². The van der Waals surface area contributed by atoms with Crippen molar-refractivity contribution < 1.29 is 22.2 Å². The number of nitrogens with one attached hydrogen (secondary N) is 1. The monoisotopic (exact) mass is 224 g/mol. The van der Waals surface area contributed by atoms with Crippen molar-refractivity contribution >= 4 is 7.25 Å². The molecule has 0 saturated heterocycles. The molecule has 2 nitrogen and oxygen atoms in total. The first-order valence-corrected chi connectivity index (χ1v) is 4.26. The summed E-state index contributed by atoms with van der Waals surface area (Å²) in [4.78, 5) is 3.45. The largest absolute Gasteiger partial charge is 0.673 e. The van der Waals surface area contributed by atoms with Crippen molar-refractivity contribution in [1.29, 1.82) is 0 Å². The van der Waals surface area contributed by atoms with Crippen molar-refractivity contribution in [3.8, 4) is 0 Å². The molecule has 1 aliphatic heterocycles. The van der Waals surface area contributed by atoms with Crippen LogP contribution in [0.3, 0.4) is 0 Å². The lowest BCUT2D eigenvalue weighted by atomic mass is 10.3. The van der Waals surface area contributed by atoms with Crippen LogP contribution in [0.5, 0.6) is 0 Å². The summed E-state index contributed by atoms with van der Waals surface area (Å²) in [7, 11) is -6.00. The molecule has 1 N–H and O–H groups in total. The fraction of sp³-hybridized carbons (Fsp3) is 0.250. The highest BCUT2D eigenvalue weighted by Crippen LogP contribution is 2.06. The highest BCUT2D eigenvalue weighted by molar-refractivity contribution is 6.50. The predicted octanol–water partition coefficient (Wildman–Crippen LogP) is 1.25. The molecule has 1 aliphatic rings. The molecule has 1 atom stereocenters. The number of nitrogens with zero attached hydrogens (tertiary/aromatic N) is 1. The number of rotatable bonds is 3. The Morgan fingerprint density at radius 3 is 2.20 bits per heavy atom. The molecule has 0 aromatic carbocycles. The average molecular weight is 224 g/mol. The van der Waals surface area contributed by atoms with Gasteiger partial charge in [-0.25, -0.2) is 0 Å². The summed E-state index contributed by atoms with van der Waals surface area (Å²) in [5, 5.41) is 0. The zero-order valence-electron chi connectivity index (χ0n) is 8.17. The third kappa shape index (κ3) is 9.08. The minimum atomic E-state index is -6.00. The number of quaternary nitrogens is 1. The van der Waals surface area contributed by atoms with E-state index >= 15 is 0 Å². The Morgan fingerprint density at radius 2 is 1.87 bits per heavy atom. The van der Waals surface area contributed by atoms with Gasteiger partial charge in [0.05, 0.1) is 6.20 Å².